The second kappa shape index (κ2) is 6.60. The van der Waals surface area contributed by atoms with Crippen LogP contribution < -0.4 is 10.6 Å². The number of amides is 1. The number of carbonyl (C=O) groups is 1. The molecule has 1 rings (SSSR count). The van der Waals surface area contributed by atoms with Crippen molar-refractivity contribution in [2.45, 2.75) is 32.7 Å². The van der Waals surface area contributed by atoms with Gasteiger partial charge in [-0.1, -0.05) is 13.8 Å². The molecule has 0 saturated heterocycles. The Labute approximate surface area is 100 Å². The van der Waals surface area contributed by atoms with E-state index in [1.54, 1.807) is 18.4 Å². The first-order valence-corrected chi connectivity index (χ1v) is 6.31. The summed E-state index contributed by atoms with van der Waals surface area (Å²) in [5, 5.41) is 6.99. The van der Waals surface area contributed by atoms with E-state index in [9.17, 15) is 4.79 Å². The van der Waals surface area contributed by atoms with E-state index in [2.05, 4.69) is 29.5 Å². The molecule has 0 bridgehead atoms. The van der Waals surface area contributed by atoms with E-state index >= 15 is 0 Å². The van der Waals surface area contributed by atoms with Gasteiger partial charge in [0.25, 0.3) is 0 Å². The molecule has 90 valence electrons. The zero-order chi connectivity index (χ0) is 12.0. The van der Waals surface area contributed by atoms with Crippen molar-refractivity contribution in [3.8, 4) is 0 Å². The van der Waals surface area contributed by atoms with Gasteiger partial charge in [-0.2, -0.15) is 0 Å². The topological polar surface area (TPSA) is 54.0 Å². The van der Waals surface area contributed by atoms with Crippen LogP contribution in [-0.2, 0) is 11.3 Å². The minimum atomic E-state index is 0.0691. The van der Waals surface area contributed by atoms with E-state index < -0.39 is 0 Å². The molecule has 4 nitrogen and oxygen atoms in total. The van der Waals surface area contributed by atoms with Gasteiger partial charge in [0.1, 0.15) is 0 Å². The molecule has 5 heteroatoms. The summed E-state index contributed by atoms with van der Waals surface area (Å²) in [5.74, 6) is 0.560. The van der Waals surface area contributed by atoms with Crippen LogP contribution in [0, 0.1) is 0 Å². The Hall–Kier alpha value is -0.940. The summed E-state index contributed by atoms with van der Waals surface area (Å²) in [4.78, 5) is 16.5. The maximum Gasteiger partial charge on any atom is 0.221 e. The first-order chi connectivity index (χ1) is 7.63. The molecule has 1 aromatic rings. The molecular formula is C11H19N3OS. The van der Waals surface area contributed by atoms with Crippen LogP contribution >= 0.6 is 11.3 Å². The van der Waals surface area contributed by atoms with Gasteiger partial charge in [-0.05, 0) is 0 Å². The Kier molecular flexibility index (Phi) is 5.42. The fraction of sp³-hybridized carbons (Fsp3) is 0.636. The average molecular weight is 241 g/mol. The van der Waals surface area contributed by atoms with Crippen LogP contribution in [0.2, 0.25) is 0 Å². The Morgan fingerprint density at radius 3 is 2.88 bits per heavy atom. The molecule has 0 radical (unpaired) electrons. The van der Waals surface area contributed by atoms with Crippen molar-refractivity contribution in [2.24, 2.45) is 0 Å². The highest BCUT2D eigenvalue weighted by molar-refractivity contribution is 7.11. The maximum absolute atomic E-state index is 11.0. The first-order valence-electron chi connectivity index (χ1n) is 5.49. The summed E-state index contributed by atoms with van der Waals surface area (Å²) in [7, 11) is 1.65. The van der Waals surface area contributed by atoms with Gasteiger partial charge in [0.15, 0.2) is 0 Å². The molecule has 0 unspecified atom stereocenters. The van der Waals surface area contributed by atoms with Crippen molar-refractivity contribution < 1.29 is 4.79 Å². The molecule has 1 aromatic heterocycles. The Morgan fingerprint density at radius 1 is 1.56 bits per heavy atom. The minimum Gasteiger partial charge on any atom is -0.359 e. The lowest BCUT2D eigenvalue weighted by Crippen LogP contribution is -2.24. The van der Waals surface area contributed by atoms with Crippen molar-refractivity contribution >= 4 is 17.2 Å². The van der Waals surface area contributed by atoms with E-state index in [1.165, 1.54) is 9.88 Å². The van der Waals surface area contributed by atoms with Gasteiger partial charge < -0.3 is 10.6 Å². The molecule has 0 aliphatic rings. The van der Waals surface area contributed by atoms with Gasteiger partial charge in [-0.25, -0.2) is 4.98 Å². The van der Waals surface area contributed by atoms with Crippen LogP contribution in [0.4, 0.5) is 0 Å². The molecule has 0 aliphatic heterocycles. The van der Waals surface area contributed by atoms with Crippen LogP contribution in [0.1, 0.15) is 36.1 Å². The van der Waals surface area contributed by atoms with E-state index in [-0.39, 0.29) is 5.91 Å². The zero-order valence-corrected chi connectivity index (χ0v) is 10.9. The summed E-state index contributed by atoms with van der Waals surface area (Å²) in [6.07, 6.45) is 2.43. The SMILES string of the molecule is CNC(=O)CCNCc1cnc(C(C)C)s1. The van der Waals surface area contributed by atoms with Crippen LogP contribution in [0.3, 0.4) is 0 Å². The lowest BCUT2D eigenvalue weighted by Gasteiger charge is -2.01. The third kappa shape index (κ3) is 4.28. The number of nitrogens with zero attached hydrogens (tertiary/aromatic N) is 1. The smallest absolute Gasteiger partial charge is 0.221 e. The average Bonchev–Trinajstić information content (AvgIpc) is 2.72. The van der Waals surface area contributed by atoms with Crippen molar-refractivity contribution in [1.29, 1.82) is 0 Å². The second-order valence-electron chi connectivity index (χ2n) is 3.92. The lowest BCUT2D eigenvalue weighted by atomic mass is 10.2. The fourth-order valence-electron chi connectivity index (χ4n) is 1.21. The van der Waals surface area contributed by atoms with Crippen LogP contribution in [0.15, 0.2) is 6.20 Å². The lowest BCUT2D eigenvalue weighted by molar-refractivity contribution is -0.120. The van der Waals surface area contributed by atoms with E-state index in [4.69, 9.17) is 0 Å². The summed E-state index contributed by atoms with van der Waals surface area (Å²) in [5.41, 5.74) is 0. The fourth-order valence-corrected chi connectivity index (χ4v) is 2.10. The molecule has 0 aliphatic carbocycles. The number of aromatic nitrogens is 1. The summed E-state index contributed by atoms with van der Waals surface area (Å²) in [6, 6.07) is 0. The number of nitrogens with one attached hydrogen (secondary N) is 2. The molecule has 0 fully saturated rings. The Morgan fingerprint density at radius 2 is 2.31 bits per heavy atom. The highest BCUT2D eigenvalue weighted by Crippen LogP contribution is 2.20. The number of hydrogen-bond acceptors (Lipinski definition) is 4. The van der Waals surface area contributed by atoms with E-state index in [0.717, 1.165) is 6.54 Å². The van der Waals surface area contributed by atoms with Gasteiger partial charge in [0.2, 0.25) is 5.91 Å². The highest BCUT2D eigenvalue weighted by Gasteiger charge is 2.05. The summed E-state index contributed by atoms with van der Waals surface area (Å²) >= 11 is 1.73. The van der Waals surface area contributed by atoms with Gasteiger partial charge >= 0.3 is 0 Å². The molecule has 0 atom stereocenters. The summed E-state index contributed by atoms with van der Waals surface area (Å²) < 4.78 is 0. The van der Waals surface area contributed by atoms with Crippen LogP contribution in [0.25, 0.3) is 0 Å². The molecular weight excluding hydrogens is 222 g/mol. The van der Waals surface area contributed by atoms with Crippen LogP contribution in [0.5, 0.6) is 0 Å². The minimum absolute atomic E-state index is 0.0691. The number of rotatable bonds is 6. The molecule has 16 heavy (non-hydrogen) atoms. The van der Waals surface area contributed by atoms with Crippen molar-refractivity contribution in [1.82, 2.24) is 15.6 Å². The highest BCUT2D eigenvalue weighted by atomic mass is 32.1. The van der Waals surface area contributed by atoms with Gasteiger partial charge in [0, 0.05) is 43.5 Å². The number of hydrogen-bond donors (Lipinski definition) is 2. The first kappa shape index (κ1) is 13.1. The third-order valence-corrected chi connectivity index (χ3v) is 3.47. The van der Waals surface area contributed by atoms with Gasteiger partial charge in [-0.15, -0.1) is 11.3 Å². The van der Waals surface area contributed by atoms with Gasteiger partial charge in [0.05, 0.1) is 5.01 Å². The molecule has 1 amide bonds. The monoisotopic (exact) mass is 241 g/mol. The molecule has 0 spiro atoms. The predicted molar refractivity (Wildman–Crippen MR) is 66.6 cm³/mol. The largest absolute Gasteiger partial charge is 0.359 e. The molecule has 0 saturated carbocycles. The Balaban J connectivity index is 2.24. The number of thiazole rings is 1. The molecule has 0 aromatic carbocycles. The van der Waals surface area contributed by atoms with Gasteiger partial charge in [-0.3, -0.25) is 4.79 Å². The number of carbonyl (C=O) groups excluding carboxylic acids is 1. The zero-order valence-electron chi connectivity index (χ0n) is 10.0. The second-order valence-corrected chi connectivity index (χ2v) is 5.07. The normalized spacial score (nSPS) is 10.8. The van der Waals surface area contributed by atoms with Crippen molar-refractivity contribution in [3.63, 3.8) is 0 Å². The van der Waals surface area contributed by atoms with E-state index in [1.807, 2.05) is 6.20 Å². The van der Waals surface area contributed by atoms with E-state index in [0.29, 0.717) is 18.9 Å². The van der Waals surface area contributed by atoms with Crippen molar-refractivity contribution in [2.75, 3.05) is 13.6 Å². The third-order valence-electron chi connectivity index (χ3n) is 2.17. The van der Waals surface area contributed by atoms with Crippen molar-refractivity contribution in [3.05, 3.63) is 16.1 Å². The Bertz CT molecular complexity index is 336. The summed E-state index contributed by atoms with van der Waals surface area (Å²) in [6.45, 7) is 5.78. The standard InChI is InChI=1S/C11H19N3OS/c1-8(2)11-14-7-9(16-11)6-13-5-4-10(15)12-3/h7-8,13H,4-6H2,1-3H3,(H,12,15). The maximum atomic E-state index is 11.0. The molecule has 2 N–H and O–H groups in total. The quantitative estimate of drug-likeness (QED) is 0.742. The van der Waals surface area contributed by atoms with Crippen LogP contribution in [-0.4, -0.2) is 24.5 Å². The molecule has 1 heterocycles. The predicted octanol–water partition coefficient (Wildman–Crippen LogP) is 1.49.